The van der Waals surface area contributed by atoms with Crippen LogP contribution in [0.2, 0.25) is 38.8 Å². The van der Waals surface area contributed by atoms with E-state index in [0.29, 0.717) is 23.7 Å². The molecule has 0 N–H and O–H groups in total. The molecule has 0 atom stereocenters. The maximum Gasteiger partial charge on any atom is 0.343 e. The Balaban J connectivity index is 1.39. The summed E-state index contributed by atoms with van der Waals surface area (Å²) in [4.78, 5) is 21.7. The van der Waals surface area contributed by atoms with Gasteiger partial charge in [-0.05, 0) is 112 Å². The fourth-order valence-corrected chi connectivity index (χ4v) is 13.0. The van der Waals surface area contributed by atoms with Gasteiger partial charge in [0.1, 0.15) is 11.5 Å². The van der Waals surface area contributed by atoms with Crippen molar-refractivity contribution >= 4 is 22.6 Å². The van der Waals surface area contributed by atoms with Crippen molar-refractivity contribution in [3.63, 3.8) is 0 Å². The van der Waals surface area contributed by atoms with Crippen LogP contribution in [0.4, 0.5) is 0 Å². The molecular weight excluding hydrogens is 545 g/mol. The molecule has 0 amide bonds. The minimum absolute atomic E-state index is 0.403. The molecule has 0 aliphatic rings. The number of esters is 1. The Morgan fingerprint density at radius 1 is 0.756 bits per heavy atom. The van der Waals surface area contributed by atoms with Crippen LogP contribution in [0, 0.1) is 0 Å². The van der Waals surface area contributed by atoms with Gasteiger partial charge in [0.05, 0.1) is 12.2 Å². The van der Waals surface area contributed by atoms with Crippen molar-refractivity contribution < 1.29 is 18.4 Å². The van der Waals surface area contributed by atoms with Gasteiger partial charge in [-0.15, -0.1) is 0 Å². The van der Waals surface area contributed by atoms with Crippen LogP contribution in [0.1, 0.15) is 67.8 Å². The van der Waals surface area contributed by atoms with E-state index in [1.807, 2.05) is 36.7 Å². The van der Waals surface area contributed by atoms with E-state index < -0.39 is 22.6 Å². The molecule has 8 heteroatoms. The Bertz CT molecular complexity index is 1190. The lowest BCUT2D eigenvalue weighted by atomic mass is 10.1. The first-order valence-electron chi connectivity index (χ1n) is 15.1. The molecule has 3 aromatic rings. The Morgan fingerprint density at radius 3 is 2.02 bits per heavy atom. The molecule has 0 spiro atoms. The van der Waals surface area contributed by atoms with Crippen molar-refractivity contribution in [1.82, 2.24) is 9.97 Å². The number of ether oxygens (including phenoxy) is 2. The van der Waals surface area contributed by atoms with Gasteiger partial charge in [0.25, 0.3) is 0 Å². The van der Waals surface area contributed by atoms with Gasteiger partial charge in [-0.3, -0.25) is 0 Å². The topological polar surface area (TPSA) is 70.5 Å². The first-order chi connectivity index (χ1) is 19.5. The molecule has 41 heavy (non-hydrogen) atoms. The molecule has 0 fully saturated rings. The van der Waals surface area contributed by atoms with E-state index in [1.54, 1.807) is 24.3 Å². The zero-order valence-electron chi connectivity index (χ0n) is 25.9. The van der Waals surface area contributed by atoms with Crippen LogP contribution in [-0.4, -0.2) is 39.2 Å². The molecule has 0 saturated carbocycles. The van der Waals surface area contributed by atoms with Gasteiger partial charge >= 0.3 is 5.97 Å². The van der Waals surface area contributed by atoms with Crippen molar-refractivity contribution in [3.05, 3.63) is 72.1 Å². The predicted molar refractivity (Wildman–Crippen MR) is 173 cm³/mol. The maximum absolute atomic E-state index is 12.7. The zero-order chi connectivity index (χ0) is 29.7. The lowest BCUT2D eigenvalue weighted by molar-refractivity contribution is 0.0734. The van der Waals surface area contributed by atoms with Gasteiger partial charge < -0.3 is 13.6 Å². The summed E-state index contributed by atoms with van der Waals surface area (Å²) < 4.78 is 17.9. The SMILES string of the molecule is CCCCCCc1cnc(-c2ccc(OC(=O)c3ccc(OCCCCC[Si](C)(C)O[Si](C)(C)C)cc3)cc2)nc1. The third-order valence-corrected chi connectivity index (χ3v) is 12.9. The predicted octanol–water partition coefficient (Wildman–Crippen LogP) is 9.09. The number of benzene rings is 2. The molecule has 0 saturated heterocycles. The highest BCUT2D eigenvalue weighted by Gasteiger charge is 2.28. The van der Waals surface area contributed by atoms with Gasteiger partial charge in [-0.2, -0.15) is 0 Å². The number of hydrogen-bond donors (Lipinski definition) is 0. The molecule has 6 nitrogen and oxygen atoms in total. The number of carbonyl (C=O) groups is 1. The fraction of sp³-hybridized carbons (Fsp3) is 0.485. The normalized spacial score (nSPS) is 11.9. The average Bonchev–Trinajstić information content (AvgIpc) is 2.93. The number of aryl methyl sites for hydroxylation is 1. The van der Waals surface area contributed by atoms with E-state index in [0.717, 1.165) is 36.1 Å². The standard InChI is InChI=1S/C33H48N2O4Si2/c1-7-8-9-11-14-27-25-34-32(35-26-27)28-15-21-31(22-16-28)38-33(36)29-17-19-30(20-18-29)37-23-12-10-13-24-41(5,6)39-40(2,3)4/h15-22,25-26H,7-14,23-24H2,1-6H3. The number of hydrogen-bond acceptors (Lipinski definition) is 6. The van der Waals surface area contributed by atoms with E-state index in [-0.39, 0.29) is 0 Å². The first kappa shape index (κ1) is 32.7. The summed E-state index contributed by atoms with van der Waals surface area (Å²) in [7, 11) is -3.03. The highest BCUT2D eigenvalue weighted by Crippen LogP contribution is 2.23. The van der Waals surface area contributed by atoms with Crippen molar-refractivity contribution in [2.24, 2.45) is 0 Å². The fourth-order valence-electron chi connectivity index (χ4n) is 4.81. The van der Waals surface area contributed by atoms with Gasteiger partial charge in [-0.25, -0.2) is 14.8 Å². The molecule has 3 rings (SSSR count). The second-order valence-corrected chi connectivity index (χ2v) is 21.4. The highest BCUT2D eigenvalue weighted by atomic mass is 28.4. The Morgan fingerprint density at radius 2 is 1.39 bits per heavy atom. The highest BCUT2D eigenvalue weighted by molar-refractivity contribution is 6.84. The summed E-state index contributed by atoms with van der Waals surface area (Å²) in [6.45, 7) is 14.3. The molecule has 0 radical (unpaired) electrons. The lowest BCUT2D eigenvalue weighted by Crippen LogP contribution is -2.42. The van der Waals surface area contributed by atoms with Crippen molar-refractivity contribution in [2.75, 3.05) is 6.61 Å². The van der Waals surface area contributed by atoms with Crippen molar-refractivity contribution in [1.29, 1.82) is 0 Å². The summed E-state index contributed by atoms with van der Waals surface area (Å²) in [6.07, 6.45) is 13.1. The number of rotatable bonds is 17. The molecular formula is C33H48N2O4Si2. The Kier molecular flexibility index (Phi) is 12.7. The quantitative estimate of drug-likeness (QED) is 0.0674. The third kappa shape index (κ3) is 12.3. The van der Waals surface area contributed by atoms with E-state index in [2.05, 4.69) is 49.6 Å². The molecule has 222 valence electrons. The first-order valence-corrected chi connectivity index (χ1v) is 21.6. The van der Waals surface area contributed by atoms with Crippen LogP contribution in [0.3, 0.4) is 0 Å². The summed E-state index contributed by atoms with van der Waals surface area (Å²) >= 11 is 0. The minimum atomic E-state index is -1.56. The smallest absolute Gasteiger partial charge is 0.343 e. The van der Waals surface area contributed by atoms with E-state index in [9.17, 15) is 4.79 Å². The van der Waals surface area contributed by atoms with E-state index in [4.69, 9.17) is 13.6 Å². The van der Waals surface area contributed by atoms with Gasteiger partial charge in [0.2, 0.25) is 0 Å². The van der Waals surface area contributed by atoms with Gasteiger partial charge in [0.15, 0.2) is 22.5 Å². The summed E-state index contributed by atoms with van der Waals surface area (Å²) in [5.74, 6) is 1.50. The van der Waals surface area contributed by atoms with Gasteiger partial charge in [-0.1, -0.05) is 39.0 Å². The third-order valence-electron chi connectivity index (χ3n) is 6.71. The van der Waals surface area contributed by atoms with Crippen LogP contribution in [0.25, 0.3) is 11.4 Å². The van der Waals surface area contributed by atoms with Crippen molar-refractivity contribution in [3.8, 4) is 22.9 Å². The summed E-state index contributed by atoms with van der Waals surface area (Å²) in [6, 6.07) is 15.6. The summed E-state index contributed by atoms with van der Waals surface area (Å²) in [5, 5.41) is 0. The average molecular weight is 593 g/mol. The number of nitrogens with zero attached hydrogens (tertiary/aromatic N) is 2. The van der Waals surface area contributed by atoms with E-state index >= 15 is 0 Å². The van der Waals surface area contributed by atoms with Crippen molar-refractivity contribution in [2.45, 2.75) is 97.1 Å². The number of carbonyl (C=O) groups excluding carboxylic acids is 1. The molecule has 0 bridgehead atoms. The largest absolute Gasteiger partial charge is 0.494 e. The van der Waals surface area contributed by atoms with Crippen LogP contribution in [0.5, 0.6) is 11.5 Å². The van der Waals surface area contributed by atoms with Crippen LogP contribution >= 0.6 is 0 Å². The van der Waals surface area contributed by atoms with Crippen LogP contribution in [0.15, 0.2) is 60.9 Å². The summed E-state index contributed by atoms with van der Waals surface area (Å²) in [5.41, 5.74) is 2.53. The molecule has 0 aliphatic carbocycles. The zero-order valence-corrected chi connectivity index (χ0v) is 27.9. The molecule has 0 unspecified atom stereocenters. The molecule has 2 aromatic carbocycles. The second-order valence-electron chi connectivity index (χ2n) is 12.3. The molecule has 0 aliphatic heterocycles. The molecule has 1 aromatic heterocycles. The van der Waals surface area contributed by atoms with Crippen LogP contribution < -0.4 is 9.47 Å². The van der Waals surface area contributed by atoms with Gasteiger partial charge in [0, 0.05) is 18.0 Å². The second kappa shape index (κ2) is 16.0. The molecule has 1 heterocycles. The number of unbranched alkanes of at least 4 members (excludes halogenated alkanes) is 5. The Hall–Kier alpha value is -2.82. The van der Waals surface area contributed by atoms with E-state index in [1.165, 1.54) is 38.1 Å². The lowest BCUT2D eigenvalue weighted by Gasteiger charge is -2.31. The van der Waals surface area contributed by atoms with Crippen LogP contribution in [-0.2, 0) is 10.5 Å². The minimum Gasteiger partial charge on any atom is -0.494 e. The number of aromatic nitrogens is 2. The maximum atomic E-state index is 12.7. The monoisotopic (exact) mass is 592 g/mol. The Labute approximate surface area is 249 Å².